The van der Waals surface area contributed by atoms with E-state index in [4.69, 9.17) is 4.98 Å². The second-order valence-electron chi connectivity index (χ2n) is 8.19. The predicted octanol–water partition coefficient (Wildman–Crippen LogP) is 5.38. The molecule has 0 bridgehead atoms. The van der Waals surface area contributed by atoms with Gasteiger partial charge in [0.2, 0.25) is 0 Å². The van der Waals surface area contributed by atoms with Crippen LogP contribution in [-0.2, 0) is 6.16 Å². The van der Waals surface area contributed by atoms with Gasteiger partial charge in [0.15, 0.2) is 0 Å². The summed E-state index contributed by atoms with van der Waals surface area (Å²) >= 11 is 0. The van der Waals surface area contributed by atoms with Crippen molar-refractivity contribution < 1.29 is 0 Å². The number of hydrogen-bond acceptors (Lipinski definition) is 2. The van der Waals surface area contributed by atoms with Crippen molar-refractivity contribution in [2.75, 3.05) is 0 Å². The summed E-state index contributed by atoms with van der Waals surface area (Å²) < 4.78 is 2.13. The van der Waals surface area contributed by atoms with Crippen molar-refractivity contribution in [3.63, 3.8) is 0 Å². The van der Waals surface area contributed by atoms with E-state index in [1.54, 1.807) is 0 Å². The lowest BCUT2D eigenvalue weighted by atomic mass is 10.2. The standard InChI is InChI=1S/C29H23N3P/c1-4-11-24(12-5-1)33(25-13-6-2-7-14-25,26-15-8-3-9-16-26)22-23-21-32-20-18-28-27(29(32)31-23)17-10-19-30-28/h1-21H,22H2/q+1. The highest BCUT2D eigenvalue weighted by molar-refractivity contribution is 7.95. The number of fused-ring (bicyclic) bond motifs is 3. The van der Waals surface area contributed by atoms with Crippen molar-refractivity contribution in [1.29, 1.82) is 0 Å². The third kappa shape index (κ3) is 3.42. The van der Waals surface area contributed by atoms with Crippen molar-refractivity contribution in [2.45, 2.75) is 6.16 Å². The summed E-state index contributed by atoms with van der Waals surface area (Å²) in [6, 6.07) is 39.0. The van der Waals surface area contributed by atoms with Crippen LogP contribution in [0.2, 0.25) is 0 Å². The molecule has 0 N–H and O–H groups in total. The molecular formula is C29H23N3P+. The van der Waals surface area contributed by atoms with Gasteiger partial charge in [-0.05, 0) is 54.6 Å². The SMILES string of the molecule is c1ccc([P+](Cc2cn3ccc4ncccc4c3n2)(c2ccccc2)c2ccccc2)cc1. The molecule has 3 nitrogen and oxygen atoms in total. The number of aromatic nitrogens is 3. The van der Waals surface area contributed by atoms with Crippen LogP contribution in [0.25, 0.3) is 16.6 Å². The fourth-order valence-electron chi connectivity index (χ4n) is 4.74. The molecule has 0 unspecified atom stereocenters. The van der Waals surface area contributed by atoms with E-state index in [9.17, 15) is 0 Å². The summed E-state index contributed by atoms with van der Waals surface area (Å²) in [5.41, 5.74) is 3.02. The largest absolute Gasteiger partial charge is 0.306 e. The van der Waals surface area contributed by atoms with Crippen LogP contribution in [-0.4, -0.2) is 14.4 Å². The van der Waals surface area contributed by atoms with Crippen molar-refractivity contribution in [2.24, 2.45) is 0 Å². The fourth-order valence-corrected chi connectivity index (χ4v) is 8.86. The Labute approximate surface area is 193 Å². The molecule has 0 saturated heterocycles. The molecule has 33 heavy (non-hydrogen) atoms. The molecule has 4 heteroatoms. The minimum absolute atomic E-state index is 0.856. The Kier molecular flexibility index (Phi) is 4.97. The lowest BCUT2D eigenvalue weighted by Crippen LogP contribution is -2.32. The van der Waals surface area contributed by atoms with E-state index in [1.807, 2.05) is 12.3 Å². The van der Waals surface area contributed by atoms with E-state index < -0.39 is 7.26 Å². The molecule has 0 aliphatic rings. The number of imidazole rings is 1. The Morgan fingerprint density at radius 2 is 1.21 bits per heavy atom. The van der Waals surface area contributed by atoms with Crippen LogP contribution in [0, 0.1) is 0 Å². The van der Waals surface area contributed by atoms with Crippen molar-refractivity contribution in [3.8, 4) is 0 Å². The van der Waals surface area contributed by atoms with Crippen LogP contribution in [0.15, 0.2) is 128 Å². The van der Waals surface area contributed by atoms with Gasteiger partial charge in [-0.25, -0.2) is 4.98 Å². The molecule has 3 aromatic carbocycles. The Hall–Kier alpha value is -3.81. The van der Waals surface area contributed by atoms with Gasteiger partial charge in [0.25, 0.3) is 0 Å². The number of nitrogens with zero attached hydrogens (tertiary/aromatic N) is 3. The summed E-state index contributed by atoms with van der Waals surface area (Å²) in [6.45, 7) is 0. The molecule has 3 aromatic heterocycles. The van der Waals surface area contributed by atoms with E-state index >= 15 is 0 Å². The van der Waals surface area contributed by atoms with Crippen LogP contribution >= 0.6 is 7.26 Å². The molecule has 0 fully saturated rings. The summed E-state index contributed by atoms with van der Waals surface area (Å²) in [5, 5.41) is 5.18. The summed E-state index contributed by atoms with van der Waals surface area (Å²) in [6.07, 6.45) is 6.94. The van der Waals surface area contributed by atoms with Crippen LogP contribution in [0.1, 0.15) is 5.69 Å². The second kappa shape index (κ2) is 8.27. The zero-order valence-corrected chi connectivity index (χ0v) is 19.0. The van der Waals surface area contributed by atoms with Gasteiger partial charge in [0.1, 0.15) is 35.0 Å². The predicted molar refractivity (Wildman–Crippen MR) is 139 cm³/mol. The highest BCUT2D eigenvalue weighted by Gasteiger charge is 2.46. The summed E-state index contributed by atoms with van der Waals surface area (Å²) in [4.78, 5) is 9.66. The normalized spacial score (nSPS) is 11.8. The van der Waals surface area contributed by atoms with Crippen molar-refractivity contribution >= 4 is 39.7 Å². The lowest BCUT2D eigenvalue weighted by molar-refractivity contribution is 1.19. The molecule has 3 heterocycles. The van der Waals surface area contributed by atoms with E-state index in [0.29, 0.717) is 0 Å². The van der Waals surface area contributed by atoms with Gasteiger partial charge in [0, 0.05) is 24.0 Å². The van der Waals surface area contributed by atoms with Crippen LogP contribution in [0.4, 0.5) is 0 Å². The Morgan fingerprint density at radius 1 is 0.636 bits per heavy atom. The molecule has 0 amide bonds. The lowest BCUT2D eigenvalue weighted by Gasteiger charge is -2.27. The third-order valence-electron chi connectivity index (χ3n) is 6.24. The van der Waals surface area contributed by atoms with Gasteiger partial charge in [0.05, 0.1) is 11.2 Å². The monoisotopic (exact) mass is 444 g/mol. The topological polar surface area (TPSA) is 30.2 Å². The first-order chi connectivity index (χ1) is 16.3. The van der Waals surface area contributed by atoms with Gasteiger partial charge < -0.3 is 4.40 Å². The third-order valence-corrected chi connectivity index (χ3v) is 10.6. The fraction of sp³-hybridized carbons (Fsp3) is 0.0345. The second-order valence-corrected chi connectivity index (χ2v) is 11.7. The quantitative estimate of drug-likeness (QED) is 0.335. The highest BCUT2D eigenvalue weighted by atomic mass is 31.2. The molecule has 6 rings (SSSR count). The smallest absolute Gasteiger partial charge is 0.146 e. The Balaban J connectivity index is 1.61. The Morgan fingerprint density at radius 3 is 1.79 bits per heavy atom. The minimum atomic E-state index is -1.98. The summed E-state index contributed by atoms with van der Waals surface area (Å²) in [5.74, 6) is 0. The van der Waals surface area contributed by atoms with Gasteiger partial charge in [-0.2, -0.15) is 0 Å². The number of benzene rings is 3. The molecule has 6 aromatic rings. The van der Waals surface area contributed by atoms with E-state index in [2.05, 4.69) is 125 Å². The molecule has 0 atom stereocenters. The Bertz CT molecular complexity index is 1430. The number of pyridine rings is 2. The zero-order chi connectivity index (χ0) is 22.1. The first kappa shape index (κ1) is 19.8. The highest BCUT2D eigenvalue weighted by Crippen LogP contribution is 2.58. The van der Waals surface area contributed by atoms with Gasteiger partial charge in [-0.1, -0.05) is 54.6 Å². The maximum atomic E-state index is 5.15. The maximum Gasteiger partial charge on any atom is 0.146 e. The van der Waals surface area contributed by atoms with E-state index in [1.165, 1.54) is 15.9 Å². The van der Waals surface area contributed by atoms with Crippen molar-refractivity contribution in [1.82, 2.24) is 14.4 Å². The molecule has 0 saturated carbocycles. The van der Waals surface area contributed by atoms with E-state index in [0.717, 1.165) is 28.4 Å². The molecule has 158 valence electrons. The first-order valence-corrected chi connectivity index (χ1v) is 13.1. The average molecular weight is 444 g/mol. The average Bonchev–Trinajstić information content (AvgIpc) is 3.32. The first-order valence-electron chi connectivity index (χ1n) is 11.1. The number of rotatable bonds is 5. The van der Waals surface area contributed by atoms with Gasteiger partial charge in [-0.15, -0.1) is 0 Å². The van der Waals surface area contributed by atoms with Gasteiger partial charge >= 0.3 is 0 Å². The molecule has 0 radical (unpaired) electrons. The van der Waals surface area contributed by atoms with Gasteiger partial charge in [-0.3, -0.25) is 4.98 Å². The minimum Gasteiger partial charge on any atom is -0.306 e. The van der Waals surface area contributed by atoms with E-state index in [-0.39, 0.29) is 0 Å². The number of hydrogen-bond donors (Lipinski definition) is 0. The molecular weight excluding hydrogens is 421 g/mol. The zero-order valence-electron chi connectivity index (χ0n) is 18.1. The maximum absolute atomic E-state index is 5.15. The van der Waals surface area contributed by atoms with Crippen LogP contribution in [0.3, 0.4) is 0 Å². The summed E-state index contributed by atoms with van der Waals surface area (Å²) in [7, 11) is -1.98. The molecule has 0 aliphatic heterocycles. The molecule has 0 aliphatic carbocycles. The van der Waals surface area contributed by atoms with Crippen LogP contribution in [0.5, 0.6) is 0 Å². The van der Waals surface area contributed by atoms with Crippen molar-refractivity contribution in [3.05, 3.63) is 133 Å². The van der Waals surface area contributed by atoms with Crippen LogP contribution < -0.4 is 15.9 Å². The molecule has 0 spiro atoms.